The Morgan fingerprint density at radius 1 is 1.33 bits per heavy atom. The Bertz CT molecular complexity index is 458. The third-order valence-corrected chi connectivity index (χ3v) is 3.97. The van der Waals surface area contributed by atoms with Gasteiger partial charge in [0.15, 0.2) is 0 Å². The standard InChI is InChI=1S/C15H20FNO/c1-10-4-5-14(16)13(8-10)15(18)17-7-6-11(2)12(3)9-17/h4-5,8,11-12H,6-7,9H2,1-3H3. The number of carbonyl (C=O) groups is 1. The third-order valence-electron chi connectivity index (χ3n) is 3.97. The lowest BCUT2D eigenvalue weighted by atomic mass is 9.88. The Morgan fingerprint density at radius 2 is 2.06 bits per heavy atom. The monoisotopic (exact) mass is 249 g/mol. The number of benzene rings is 1. The molecule has 1 aromatic rings. The van der Waals surface area contributed by atoms with Gasteiger partial charge < -0.3 is 4.90 Å². The number of hydrogen-bond acceptors (Lipinski definition) is 1. The second kappa shape index (κ2) is 5.09. The van der Waals surface area contributed by atoms with E-state index in [1.165, 1.54) is 6.07 Å². The van der Waals surface area contributed by atoms with E-state index in [9.17, 15) is 9.18 Å². The van der Waals surface area contributed by atoms with Crippen LogP contribution in [0, 0.1) is 24.6 Å². The number of amides is 1. The first kappa shape index (κ1) is 13.1. The SMILES string of the molecule is Cc1ccc(F)c(C(=O)N2CCC(C)C(C)C2)c1. The molecular weight excluding hydrogens is 229 g/mol. The molecule has 1 heterocycles. The molecule has 2 atom stereocenters. The van der Waals surface area contributed by atoms with Gasteiger partial charge in [0.05, 0.1) is 5.56 Å². The Balaban J connectivity index is 2.19. The first-order valence-electron chi connectivity index (χ1n) is 6.54. The minimum atomic E-state index is -0.420. The Kier molecular flexibility index (Phi) is 3.69. The van der Waals surface area contributed by atoms with E-state index in [0.717, 1.165) is 25.1 Å². The lowest BCUT2D eigenvalue weighted by Crippen LogP contribution is -2.42. The van der Waals surface area contributed by atoms with E-state index in [4.69, 9.17) is 0 Å². The van der Waals surface area contributed by atoms with Crippen molar-refractivity contribution in [3.63, 3.8) is 0 Å². The van der Waals surface area contributed by atoms with Gasteiger partial charge in [-0.05, 0) is 37.3 Å². The molecule has 2 nitrogen and oxygen atoms in total. The first-order valence-corrected chi connectivity index (χ1v) is 6.54. The molecule has 98 valence electrons. The van der Waals surface area contributed by atoms with E-state index in [-0.39, 0.29) is 11.5 Å². The lowest BCUT2D eigenvalue weighted by molar-refractivity contribution is 0.0623. The molecule has 0 N–H and O–H groups in total. The van der Waals surface area contributed by atoms with Crippen molar-refractivity contribution < 1.29 is 9.18 Å². The Hall–Kier alpha value is -1.38. The van der Waals surface area contributed by atoms with E-state index in [2.05, 4.69) is 13.8 Å². The summed E-state index contributed by atoms with van der Waals surface area (Å²) in [5.74, 6) is 0.527. The van der Waals surface area contributed by atoms with Crippen LogP contribution in [-0.4, -0.2) is 23.9 Å². The van der Waals surface area contributed by atoms with Crippen molar-refractivity contribution in [2.45, 2.75) is 27.2 Å². The number of piperidine rings is 1. The molecule has 1 aliphatic heterocycles. The predicted octanol–water partition coefficient (Wildman–Crippen LogP) is 3.25. The highest BCUT2D eigenvalue weighted by Crippen LogP contribution is 2.24. The number of rotatable bonds is 1. The molecule has 3 heteroatoms. The second-order valence-electron chi connectivity index (χ2n) is 5.48. The topological polar surface area (TPSA) is 20.3 Å². The minimum absolute atomic E-state index is 0.171. The molecule has 1 amide bonds. The molecule has 1 aliphatic rings. The van der Waals surface area contributed by atoms with Crippen molar-refractivity contribution in [2.75, 3.05) is 13.1 Å². The molecular formula is C15H20FNO. The third kappa shape index (κ3) is 2.55. The Morgan fingerprint density at radius 3 is 2.72 bits per heavy atom. The van der Waals surface area contributed by atoms with Gasteiger partial charge in [-0.3, -0.25) is 4.79 Å². The van der Waals surface area contributed by atoms with E-state index in [1.54, 1.807) is 17.0 Å². The maximum Gasteiger partial charge on any atom is 0.256 e. The number of hydrogen-bond donors (Lipinski definition) is 0. The summed E-state index contributed by atoms with van der Waals surface area (Å²) >= 11 is 0. The van der Waals surface area contributed by atoms with Crippen molar-refractivity contribution in [2.24, 2.45) is 11.8 Å². The van der Waals surface area contributed by atoms with Crippen LogP contribution in [0.15, 0.2) is 18.2 Å². The summed E-state index contributed by atoms with van der Waals surface area (Å²) in [6, 6.07) is 4.70. The van der Waals surface area contributed by atoms with Gasteiger partial charge in [0.2, 0.25) is 0 Å². The van der Waals surface area contributed by atoms with Crippen LogP contribution < -0.4 is 0 Å². The second-order valence-corrected chi connectivity index (χ2v) is 5.48. The van der Waals surface area contributed by atoms with Crippen LogP contribution in [0.25, 0.3) is 0 Å². The van der Waals surface area contributed by atoms with Gasteiger partial charge in [-0.1, -0.05) is 25.5 Å². The maximum absolute atomic E-state index is 13.7. The fraction of sp³-hybridized carbons (Fsp3) is 0.533. The summed E-state index contributed by atoms with van der Waals surface area (Å²) in [6.07, 6.45) is 1.00. The normalized spacial score (nSPS) is 24.1. The van der Waals surface area contributed by atoms with Gasteiger partial charge in [0, 0.05) is 13.1 Å². The van der Waals surface area contributed by atoms with E-state index >= 15 is 0 Å². The molecule has 18 heavy (non-hydrogen) atoms. The van der Waals surface area contributed by atoms with Crippen LogP contribution in [0.2, 0.25) is 0 Å². The average molecular weight is 249 g/mol. The van der Waals surface area contributed by atoms with Crippen LogP contribution in [0.3, 0.4) is 0 Å². The minimum Gasteiger partial charge on any atom is -0.338 e. The van der Waals surface area contributed by atoms with Crippen LogP contribution in [0.5, 0.6) is 0 Å². The van der Waals surface area contributed by atoms with Crippen LogP contribution >= 0.6 is 0 Å². The van der Waals surface area contributed by atoms with E-state index < -0.39 is 5.82 Å². The summed E-state index contributed by atoms with van der Waals surface area (Å²) in [5, 5.41) is 0. The summed E-state index contributed by atoms with van der Waals surface area (Å²) in [6.45, 7) is 7.69. The smallest absolute Gasteiger partial charge is 0.256 e. The molecule has 1 saturated heterocycles. The van der Waals surface area contributed by atoms with Crippen molar-refractivity contribution >= 4 is 5.91 Å². The summed E-state index contributed by atoms with van der Waals surface area (Å²) < 4.78 is 13.7. The molecule has 1 aromatic carbocycles. The number of halogens is 1. The summed E-state index contributed by atoms with van der Waals surface area (Å²) in [7, 11) is 0. The molecule has 0 radical (unpaired) electrons. The highest BCUT2D eigenvalue weighted by molar-refractivity contribution is 5.94. The quantitative estimate of drug-likeness (QED) is 0.748. The number of aryl methyl sites for hydroxylation is 1. The highest BCUT2D eigenvalue weighted by atomic mass is 19.1. The van der Waals surface area contributed by atoms with Crippen molar-refractivity contribution in [3.8, 4) is 0 Å². The lowest BCUT2D eigenvalue weighted by Gasteiger charge is -2.35. The van der Waals surface area contributed by atoms with Crippen LogP contribution in [0.4, 0.5) is 4.39 Å². The van der Waals surface area contributed by atoms with Gasteiger partial charge in [-0.15, -0.1) is 0 Å². The molecule has 0 bridgehead atoms. The summed E-state index contributed by atoms with van der Waals surface area (Å²) in [4.78, 5) is 14.1. The van der Waals surface area contributed by atoms with Crippen LogP contribution in [-0.2, 0) is 0 Å². The molecule has 2 rings (SSSR count). The summed E-state index contributed by atoms with van der Waals surface area (Å²) in [5.41, 5.74) is 1.12. The first-order chi connectivity index (χ1) is 8.49. The Labute approximate surface area is 108 Å². The van der Waals surface area contributed by atoms with Crippen molar-refractivity contribution in [1.82, 2.24) is 4.90 Å². The fourth-order valence-corrected chi connectivity index (χ4v) is 2.42. The predicted molar refractivity (Wildman–Crippen MR) is 70.0 cm³/mol. The fourth-order valence-electron chi connectivity index (χ4n) is 2.42. The van der Waals surface area contributed by atoms with Crippen LogP contribution in [0.1, 0.15) is 36.2 Å². The van der Waals surface area contributed by atoms with Gasteiger partial charge in [0.25, 0.3) is 5.91 Å². The zero-order valence-corrected chi connectivity index (χ0v) is 11.2. The average Bonchev–Trinajstić information content (AvgIpc) is 2.35. The van der Waals surface area contributed by atoms with Gasteiger partial charge in [-0.25, -0.2) is 4.39 Å². The molecule has 0 saturated carbocycles. The van der Waals surface area contributed by atoms with Gasteiger partial charge >= 0.3 is 0 Å². The van der Waals surface area contributed by atoms with Crippen molar-refractivity contribution in [3.05, 3.63) is 35.1 Å². The molecule has 0 spiro atoms. The van der Waals surface area contributed by atoms with Gasteiger partial charge in [0.1, 0.15) is 5.82 Å². The number of nitrogens with zero attached hydrogens (tertiary/aromatic N) is 1. The van der Waals surface area contributed by atoms with Gasteiger partial charge in [-0.2, -0.15) is 0 Å². The largest absolute Gasteiger partial charge is 0.338 e. The number of carbonyl (C=O) groups excluding carboxylic acids is 1. The molecule has 1 fully saturated rings. The zero-order chi connectivity index (χ0) is 13.3. The van der Waals surface area contributed by atoms with E-state index in [1.807, 2.05) is 6.92 Å². The molecule has 2 unspecified atom stereocenters. The maximum atomic E-state index is 13.7. The number of likely N-dealkylation sites (tertiary alicyclic amines) is 1. The van der Waals surface area contributed by atoms with Crippen molar-refractivity contribution in [1.29, 1.82) is 0 Å². The molecule has 0 aromatic heterocycles. The van der Waals surface area contributed by atoms with E-state index in [0.29, 0.717) is 11.8 Å². The zero-order valence-electron chi connectivity index (χ0n) is 11.2. The highest BCUT2D eigenvalue weighted by Gasteiger charge is 2.27. The molecule has 0 aliphatic carbocycles.